The largest absolute Gasteiger partial charge is 0.383 e. The Hall–Kier alpha value is -4.30. The SMILES string of the molecule is C.CC.CC.CC.CC.O=C1C(N2CCC(c3ccccc3)C2)CCN1c1ccccc1.O=C1C(O)CCN1c1ccccc1.c1ccc(C2CCNC2)cc1. The van der Waals surface area contributed by atoms with E-state index in [1.54, 1.807) is 4.90 Å². The molecule has 4 aliphatic heterocycles. The van der Waals surface area contributed by atoms with E-state index in [4.69, 9.17) is 0 Å². The predicted molar refractivity (Wildman–Crippen MR) is 241 cm³/mol. The molecule has 4 heterocycles. The van der Waals surface area contributed by atoms with Crippen molar-refractivity contribution < 1.29 is 14.7 Å². The van der Waals surface area contributed by atoms with Crippen molar-refractivity contribution in [1.29, 1.82) is 0 Å². The summed E-state index contributed by atoms with van der Waals surface area (Å²) in [5.41, 5.74) is 4.78. The summed E-state index contributed by atoms with van der Waals surface area (Å²) in [6, 6.07) is 41.0. The Labute approximate surface area is 341 Å². The van der Waals surface area contributed by atoms with Crippen LogP contribution in [0.25, 0.3) is 0 Å². The second kappa shape index (κ2) is 29.0. The molecule has 7 nitrogen and oxygen atoms in total. The van der Waals surface area contributed by atoms with Crippen LogP contribution in [-0.2, 0) is 9.59 Å². The van der Waals surface area contributed by atoms with Crippen LogP contribution in [0, 0.1) is 0 Å². The highest BCUT2D eigenvalue weighted by molar-refractivity contribution is 5.99. The first kappa shape index (κ1) is 49.7. The number of hydrogen-bond acceptors (Lipinski definition) is 5. The minimum atomic E-state index is -0.805. The zero-order valence-electron chi connectivity index (χ0n) is 35.0. The van der Waals surface area contributed by atoms with Crippen LogP contribution >= 0.6 is 0 Å². The maximum Gasteiger partial charge on any atom is 0.255 e. The lowest BCUT2D eigenvalue weighted by Crippen LogP contribution is -2.40. The molecule has 2 N–H and O–H groups in total. The van der Waals surface area contributed by atoms with Gasteiger partial charge in [-0.2, -0.15) is 0 Å². The zero-order chi connectivity index (χ0) is 40.4. The normalized spacial score (nSPS) is 20.7. The van der Waals surface area contributed by atoms with Crippen LogP contribution in [0.15, 0.2) is 121 Å². The first-order valence-corrected chi connectivity index (χ1v) is 21.0. The van der Waals surface area contributed by atoms with Gasteiger partial charge in [-0.3, -0.25) is 14.5 Å². The smallest absolute Gasteiger partial charge is 0.255 e. The van der Waals surface area contributed by atoms with Crippen LogP contribution in [0.1, 0.15) is 111 Å². The molecule has 4 saturated heterocycles. The molecule has 0 aliphatic carbocycles. The number of aliphatic hydroxyl groups excluding tert-OH is 1. The highest BCUT2D eigenvalue weighted by Gasteiger charge is 2.39. The third kappa shape index (κ3) is 14.6. The summed E-state index contributed by atoms with van der Waals surface area (Å²) in [5, 5.41) is 12.6. The summed E-state index contributed by atoms with van der Waals surface area (Å²) < 4.78 is 0. The summed E-state index contributed by atoms with van der Waals surface area (Å²) in [7, 11) is 0. The average molecular weight is 767 g/mol. The molecule has 2 amide bonds. The van der Waals surface area contributed by atoms with Gasteiger partial charge in [0, 0.05) is 44.0 Å². The summed E-state index contributed by atoms with van der Waals surface area (Å²) in [6.45, 7) is 21.8. The molecule has 8 rings (SSSR count). The van der Waals surface area contributed by atoms with Crippen LogP contribution in [0.5, 0.6) is 0 Å². The second-order valence-corrected chi connectivity index (χ2v) is 12.8. The van der Waals surface area contributed by atoms with Crippen molar-refractivity contribution in [3.8, 4) is 0 Å². The van der Waals surface area contributed by atoms with Gasteiger partial charge in [-0.05, 0) is 79.6 Å². The number of nitrogens with zero attached hydrogens (tertiary/aromatic N) is 3. The lowest BCUT2D eigenvalue weighted by Gasteiger charge is -2.23. The van der Waals surface area contributed by atoms with Crippen molar-refractivity contribution >= 4 is 23.2 Å². The van der Waals surface area contributed by atoms with Crippen molar-refractivity contribution in [3.63, 3.8) is 0 Å². The van der Waals surface area contributed by atoms with Gasteiger partial charge in [0.1, 0.15) is 6.10 Å². The topological polar surface area (TPSA) is 76.1 Å². The molecule has 0 aromatic heterocycles. The monoisotopic (exact) mass is 767 g/mol. The summed E-state index contributed by atoms with van der Waals surface area (Å²) in [4.78, 5) is 30.2. The standard InChI is InChI=1S/C20H22N2O.C10H11NO2.C10H13N.4C2H6.CH4/c23-20-19(12-14-22(20)18-9-5-2-6-10-18)21-13-11-17(15-21)16-7-3-1-4-8-16;12-9-6-7-11(10(9)13)8-4-2-1-3-5-8;1-2-4-9(5-3-1)10-6-7-11-8-10;4*1-2;/h1-10,17,19H,11-15H2;1-5,9,12H,6-7H2;1-5,10-11H,6-8H2;4*1-2H3;1H4. The highest BCUT2D eigenvalue weighted by Crippen LogP contribution is 2.32. The van der Waals surface area contributed by atoms with Gasteiger partial charge in [-0.1, -0.05) is 160 Å². The minimum Gasteiger partial charge on any atom is -0.383 e. The van der Waals surface area contributed by atoms with E-state index in [1.807, 2.05) is 121 Å². The lowest BCUT2D eigenvalue weighted by atomic mass is 9.99. The quantitative estimate of drug-likeness (QED) is 0.212. The third-order valence-electron chi connectivity index (χ3n) is 9.75. The fraction of sp³-hybridized carbons (Fsp3) is 0.469. The number of amides is 2. The van der Waals surface area contributed by atoms with Crippen LogP contribution in [0.4, 0.5) is 11.4 Å². The van der Waals surface area contributed by atoms with Gasteiger partial charge in [0.2, 0.25) is 5.91 Å². The van der Waals surface area contributed by atoms with Crippen molar-refractivity contribution in [3.05, 3.63) is 132 Å². The molecule has 7 heteroatoms. The van der Waals surface area contributed by atoms with Crippen molar-refractivity contribution in [1.82, 2.24) is 10.2 Å². The number of rotatable bonds is 5. The van der Waals surface area contributed by atoms with E-state index in [1.165, 1.54) is 24.1 Å². The second-order valence-electron chi connectivity index (χ2n) is 12.8. The van der Waals surface area contributed by atoms with Crippen LogP contribution in [0.2, 0.25) is 0 Å². The number of likely N-dealkylation sites (tertiary alicyclic amines) is 1. The number of hydrogen-bond donors (Lipinski definition) is 2. The van der Waals surface area contributed by atoms with E-state index in [-0.39, 0.29) is 25.3 Å². The summed E-state index contributed by atoms with van der Waals surface area (Å²) in [6.07, 6.45) is 3.12. The van der Waals surface area contributed by atoms with E-state index in [9.17, 15) is 14.7 Å². The molecule has 4 aromatic carbocycles. The molecule has 308 valence electrons. The average Bonchev–Trinajstić information content (AvgIpc) is 4.12. The van der Waals surface area contributed by atoms with E-state index in [0.717, 1.165) is 56.3 Å². The van der Waals surface area contributed by atoms with Crippen LogP contribution in [-0.4, -0.2) is 73.2 Å². The Balaban J connectivity index is 0.000000407. The Kier molecular flexibility index (Phi) is 25.8. The number of benzene rings is 4. The Morgan fingerprint density at radius 1 is 0.518 bits per heavy atom. The van der Waals surface area contributed by atoms with Crippen molar-refractivity contribution in [2.75, 3.05) is 49.1 Å². The van der Waals surface area contributed by atoms with Gasteiger partial charge in [0.05, 0.1) is 6.04 Å². The fourth-order valence-electron chi connectivity index (χ4n) is 7.13. The van der Waals surface area contributed by atoms with Gasteiger partial charge in [-0.15, -0.1) is 0 Å². The molecule has 4 aliphatic rings. The molecule has 56 heavy (non-hydrogen) atoms. The van der Waals surface area contributed by atoms with E-state index in [0.29, 0.717) is 18.9 Å². The van der Waals surface area contributed by atoms with Crippen LogP contribution < -0.4 is 15.1 Å². The fourth-order valence-corrected chi connectivity index (χ4v) is 7.13. The molecular formula is C49H74N4O3. The number of nitrogens with one attached hydrogen (secondary N) is 1. The first-order valence-electron chi connectivity index (χ1n) is 21.0. The van der Waals surface area contributed by atoms with Crippen molar-refractivity contribution in [2.24, 2.45) is 0 Å². The minimum absolute atomic E-state index is 0. The number of aliphatic hydroxyl groups is 1. The van der Waals surface area contributed by atoms with Gasteiger partial charge in [0.15, 0.2) is 0 Å². The van der Waals surface area contributed by atoms with Crippen molar-refractivity contribution in [2.45, 2.75) is 112 Å². The van der Waals surface area contributed by atoms with Gasteiger partial charge < -0.3 is 20.2 Å². The zero-order valence-corrected chi connectivity index (χ0v) is 35.0. The number of carbonyl (C=O) groups excluding carboxylic acids is 2. The molecule has 4 unspecified atom stereocenters. The summed E-state index contributed by atoms with van der Waals surface area (Å²) >= 11 is 0. The molecular weight excluding hydrogens is 693 g/mol. The van der Waals surface area contributed by atoms with Crippen LogP contribution in [0.3, 0.4) is 0 Å². The Bertz CT molecular complexity index is 1550. The molecule has 0 radical (unpaired) electrons. The van der Waals surface area contributed by atoms with Gasteiger partial charge >= 0.3 is 0 Å². The molecule has 4 atom stereocenters. The molecule has 4 fully saturated rings. The van der Waals surface area contributed by atoms with E-state index < -0.39 is 6.10 Å². The molecule has 0 saturated carbocycles. The third-order valence-corrected chi connectivity index (χ3v) is 9.75. The van der Waals surface area contributed by atoms with E-state index in [2.05, 4.69) is 70.9 Å². The van der Waals surface area contributed by atoms with E-state index >= 15 is 0 Å². The number of para-hydroxylation sites is 2. The predicted octanol–water partition coefficient (Wildman–Crippen LogP) is 10.6. The molecule has 0 bridgehead atoms. The maximum atomic E-state index is 12.8. The highest BCUT2D eigenvalue weighted by atomic mass is 16.3. The Morgan fingerprint density at radius 2 is 0.946 bits per heavy atom. The van der Waals surface area contributed by atoms with Gasteiger partial charge in [0.25, 0.3) is 5.91 Å². The maximum absolute atomic E-state index is 12.8. The lowest BCUT2D eigenvalue weighted by molar-refractivity contribution is -0.124. The number of anilines is 2. The first-order chi connectivity index (χ1) is 27.1. The number of carbonyl (C=O) groups is 2. The molecule has 0 spiro atoms. The summed E-state index contributed by atoms with van der Waals surface area (Å²) in [5.74, 6) is 1.40. The molecule has 4 aromatic rings. The Morgan fingerprint density at radius 3 is 1.38 bits per heavy atom. The van der Waals surface area contributed by atoms with Gasteiger partial charge in [-0.25, -0.2) is 0 Å².